The topological polar surface area (TPSA) is 29.3 Å². The maximum Gasteiger partial charge on any atom is 0.00219 e. The van der Waals surface area contributed by atoms with Crippen molar-refractivity contribution in [3.05, 3.63) is 0 Å². The second-order valence-electron chi connectivity index (χ2n) is 6.23. The maximum absolute atomic E-state index is 5.87. The van der Waals surface area contributed by atoms with Crippen LogP contribution in [0, 0.1) is 11.3 Å². The van der Waals surface area contributed by atoms with Crippen LogP contribution in [-0.4, -0.2) is 31.1 Å². The average Bonchev–Trinajstić information content (AvgIpc) is 2.16. The zero-order chi connectivity index (χ0) is 11.3. The van der Waals surface area contributed by atoms with Crippen LogP contribution in [0.25, 0.3) is 0 Å². The van der Waals surface area contributed by atoms with Crippen molar-refractivity contribution in [2.75, 3.05) is 26.2 Å². The normalized spacial score (nSPS) is 21.6. The second-order valence-corrected chi connectivity index (χ2v) is 6.23. The number of nitrogens with two attached hydrogens (primary N) is 1. The van der Waals surface area contributed by atoms with Gasteiger partial charge in [-0.3, -0.25) is 0 Å². The minimum atomic E-state index is 0.416. The van der Waals surface area contributed by atoms with Gasteiger partial charge in [0.1, 0.15) is 0 Å². The lowest BCUT2D eigenvalue weighted by molar-refractivity contribution is 0.170. The first-order valence-electron chi connectivity index (χ1n) is 6.44. The summed E-state index contributed by atoms with van der Waals surface area (Å²) < 4.78 is 0. The standard InChI is InChI=1S/C13H28N2/c1-13(2,3)9-12(10-14)11-15-7-5-4-6-8-15/h12H,4-11,14H2,1-3H3. The Morgan fingerprint density at radius 2 is 1.73 bits per heavy atom. The predicted octanol–water partition coefficient (Wildman–Crippen LogP) is 2.48. The molecule has 0 radical (unpaired) electrons. The fourth-order valence-corrected chi connectivity index (χ4v) is 2.60. The van der Waals surface area contributed by atoms with Gasteiger partial charge in [-0.15, -0.1) is 0 Å². The predicted molar refractivity (Wildman–Crippen MR) is 66.9 cm³/mol. The van der Waals surface area contributed by atoms with E-state index in [1.807, 2.05) is 0 Å². The third-order valence-electron chi connectivity index (χ3n) is 3.20. The molecule has 0 aromatic rings. The summed E-state index contributed by atoms with van der Waals surface area (Å²) in [6.45, 7) is 11.6. The molecule has 90 valence electrons. The van der Waals surface area contributed by atoms with E-state index < -0.39 is 0 Å². The average molecular weight is 212 g/mol. The van der Waals surface area contributed by atoms with Crippen LogP contribution in [0.5, 0.6) is 0 Å². The summed E-state index contributed by atoms with van der Waals surface area (Å²) in [5, 5.41) is 0. The molecule has 0 spiro atoms. The lowest BCUT2D eigenvalue weighted by Crippen LogP contribution is -2.37. The molecule has 1 saturated heterocycles. The lowest BCUT2D eigenvalue weighted by atomic mass is 9.84. The van der Waals surface area contributed by atoms with Crippen LogP contribution >= 0.6 is 0 Å². The summed E-state index contributed by atoms with van der Waals surface area (Å²) in [7, 11) is 0. The van der Waals surface area contributed by atoms with Crippen molar-refractivity contribution in [3.63, 3.8) is 0 Å². The van der Waals surface area contributed by atoms with Gasteiger partial charge in [-0.2, -0.15) is 0 Å². The van der Waals surface area contributed by atoms with E-state index in [1.54, 1.807) is 0 Å². The van der Waals surface area contributed by atoms with Crippen LogP contribution in [0.3, 0.4) is 0 Å². The van der Waals surface area contributed by atoms with Gasteiger partial charge in [-0.25, -0.2) is 0 Å². The van der Waals surface area contributed by atoms with Gasteiger partial charge in [-0.1, -0.05) is 27.2 Å². The van der Waals surface area contributed by atoms with Gasteiger partial charge in [0.05, 0.1) is 0 Å². The fraction of sp³-hybridized carbons (Fsp3) is 1.00. The van der Waals surface area contributed by atoms with E-state index in [0.29, 0.717) is 11.3 Å². The molecule has 1 heterocycles. The molecular weight excluding hydrogens is 184 g/mol. The van der Waals surface area contributed by atoms with Gasteiger partial charge in [-0.05, 0) is 50.2 Å². The largest absolute Gasteiger partial charge is 0.330 e. The maximum atomic E-state index is 5.87. The highest BCUT2D eigenvalue weighted by Gasteiger charge is 2.20. The highest BCUT2D eigenvalue weighted by atomic mass is 15.1. The first-order valence-corrected chi connectivity index (χ1v) is 6.44. The minimum absolute atomic E-state index is 0.416. The summed E-state index contributed by atoms with van der Waals surface area (Å²) in [5.74, 6) is 0.683. The van der Waals surface area contributed by atoms with Crippen LogP contribution < -0.4 is 5.73 Å². The molecular formula is C13H28N2. The molecule has 1 aliphatic heterocycles. The van der Waals surface area contributed by atoms with E-state index in [4.69, 9.17) is 5.73 Å². The van der Waals surface area contributed by atoms with Crippen molar-refractivity contribution in [2.45, 2.75) is 46.5 Å². The Morgan fingerprint density at radius 1 is 1.13 bits per heavy atom. The first kappa shape index (κ1) is 13.0. The first-order chi connectivity index (χ1) is 7.01. The zero-order valence-electron chi connectivity index (χ0n) is 10.8. The molecule has 0 aromatic heterocycles. The van der Waals surface area contributed by atoms with Gasteiger partial charge >= 0.3 is 0 Å². The number of rotatable bonds is 4. The Hall–Kier alpha value is -0.0800. The van der Waals surface area contributed by atoms with E-state index in [1.165, 1.54) is 45.3 Å². The Labute approximate surface area is 95.2 Å². The summed E-state index contributed by atoms with van der Waals surface area (Å²) in [5.41, 5.74) is 6.29. The molecule has 1 aliphatic rings. The van der Waals surface area contributed by atoms with Crippen molar-refractivity contribution >= 4 is 0 Å². The smallest absolute Gasteiger partial charge is 0.00219 e. The third kappa shape index (κ3) is 5.53. The minimum Gasteiger partial charge on any atom is -0.330 e. The Kier molecular flexibility index (Phi) is 5.07. The van der Waals surface area contributed by atoms with E-state index in [0.717, 1.165) is 6.54 Å². The summed E-state index contributed by atoms with van der Waals surface area (Å²) in [6, 6.07) is 0. The van der Waals surface area contributed by atoms with Crippen molar-refractivity contribution in [1.82, 2.24) is 4.90 Å². The number of hydrogen-bond acceptors (Lipinski definition) is 2. The monoisotopic (exact) mass is 212 g/mol. The van der Waals surface area contributed by atoms with Crippen LogP contribution in [-0.2, 0) is 0 Å². The van der Waals surface area contributed by atoms with E-state index in [9.17, 15) is 0 Å². The SMILES string of the molecule is CC(C)(C)CC(CN)CN1CCCCC1. The lowest BCUT2D eigenvalue weighted by Gasteiger charge is -2.32. The highest BCUT2D eigenvalue weighted by molar-refractivity contribution is 4.75. The number of piperidine rings is 1. The van der Waals surface area contributed by atoms with Gasteiger partial charge in [0, 0.05) is 6.54 Å². The number of likely N-dealkylation sites (tertiary alicyclic amines) is 1. The zero-order valence-corrected chi connectivity index (χ0v) is 10.8. The second kappa shape index (κ2) is 5.86. The van der Waals surface area contributed by atoms with E-state index in [2.05, 4.69) is 25.7 Å². The van der Waals surface area contributed by atoms with Gasteiger partial charge in [0.2, 0.25) is 0 Å². The molecule has 2 N–H and O–H groups in total. The molecule has 2 heteroatoms. The Morgan fingerprint density at radius 3 is 2.20 bits per heavy atom. The van der Waals surface area contributed by atoms with Crippen molar-refractivity contribution < 1.29 is 0 Å². The quantitative estimate of drug-likeness (QED) is 0.776. The molecule has 2 nitrogen and oxygen atoms in total. The van der Waals surface area contributed by atoms with E-state index in [-0.39, 0.29) is 0 Å². The number of nitrogens with zero attached hydrogens (tertiary/aromatic N) is 1. The molecule has 0 saturated carbocycles. The fourth-order valence-electron chi connectivity index (χ4n) is 2.60. The van der Waals surface area contributed by atoms with Crippen LogP contribution in [0.1, 0.15) is 46.5 Å². The van der Waals surface area contributed by atoms with Crippen molar-refractivity contribution in [3.8, 4) is 0 Å². The molecule has 0 aliphatic carbocycles. The van der Waals surface area contributed by atoms with Crippen molar-refractivity contribution in [2.24, 2.45) is 17.1 Å². The molecule has 1 fully saturated rings. The van der Waals surface area contributed by atoms with Crippen molar-refractivity contribution in [1.29, 1.82) is 0 Å². The molecule has 0 aromatic carbocycles. The third-order valence-corrected chi connectivity index (χ3v) is 3.20. The summed E-state index contributed by atoms with van der Waals surface area (Å²) >= 11 is 0. The number of hydrogen-bond donors (Lipinski definition) is 1. The summed E-state index contributed by atoms with van der Waals surface area (Å²) in [4.78, 5) is 2.60. The summed E-state index contributed by atoms with van der Waals surface area (Å²) in [6.07, 6.45) is 5.43. The van der Waals surface area contributed by atoms with E-state index >= 15 is 0 Å². The van der Waals surface area contributed by atoms with Gasteiger partial charge in [0.25, 0.3) is 0 Å². The molecule has 15 heavy (non-hydrogen) atoms. The highest BCUT2D eigenvalue weighted by Crippen LogP contribution is 2.25. The molecule has 0 bridgehead atoms. The Bertz CT molecular complexity index is 166. The molecule has 1 rings (SSSR count). The van der Waals surface area contributed by atoms with Crippen LogP contribution in [0.15, 0.2) is 0 Å². The molecule has 1 unspecified atom stereocenters. The van der Waals surface area contributed by atoms with Gasteiger partial charge in [0.15, 0.2) is 0 Å². The van der Waals surface area contributed by atoms with Gasteiger partial charge < -0.3 is 10.6 Å². The molecule has 1 atom stereocenters. The van der Waals surface area contributed by atoms with Crippen LogP contribution in [0.2, 0.25) is 0 Å². The van der Waals surface area contributed by atoms with Crippen LogP contribution in [0.4, 0.5) is 0 Å². The molecule has 0 amide bonds. The Balaban J connectivity index is 2.31.